The molecule has 1 aromatic heterocycles. The van der Waals surface area contributed by atoms with Gasteiger partial charge in [0.05, 0.1) is 17.3 Å². The molecule has 0 aliphatic carbocycles. The fourth-order valence-corrected chi connectivity index (χ4v) is 4.03. The Labute approximate surface area is 192 Å². The Kier molecular flexibility index (Phi) is 7.71. The molecule has 1 amide bonds. The lowest BCUT2D eigenvalue weighted by atomic mass is 10.2. The molecule has 1 heterocycles. The molecule has 0 bridgehead atoms. The van der Waals surface area contributed by atoms with Gasteiger partial charge in [-0.3, -0.25) is 9.36 Å². The number of thioether (sulfide) groups is 1. The van der Waals surface area contributed by atoms with Crippen molar-refractivity contribution < 1.29 is 4.79 Å². The maximum atomic E-state index is 11.7. The first-order valence-electron chi connectivity index (χ1n) is 8.49. The number of rotatable bonds is 7. The molecule has 0 spiro atoms. The van der Waals surface area contributed by atoms with E-state index in [0.717, 1.165) is 5.56 Å². The van der Waals surface area contributed by atoms with Crippen molar-refractivity contribution in [3.63, 3.8) is 0 Å². The number of aromatic nitrogens is 3. The van der Waals surface area contributed by atoms with Gasteiger partial charge in [0, 0.05) is 10.8 Å². The summed E-state index contributed by atoms with van der Waals surface area (Å²) in [7, 11) is 0. The number of halogens is 4. The minimum absolute atomic E-state index is 0.0790. The minimum Gasteiger partial charge on any atom is -0.346 e. The molecule has 0 saturated heterocycles. The van der Waals surface area contributed by atoms with Crippen LogP contribution in [0.25, 0.3) is 5.69 Å². The highest BCUT2D eigenvalue weighted by atomic mass is 35.5. The summed E-state index contributed by atoms with van der Waals surface area (Å²) in [4.78, 5) is 10.6. The molecule has 0 aliphatic rings. The number of carbonyl (C=O) groups is 1. The first-order chi connectivity index (χ1) is 13.8. The Morgan fingerprint density at radius 2 is 1.97 bits per heavy atom. The Balaban J connectivity index is 1.93. The molecule has 0 atom stereocenters. The molecular weight excluding hydrogens is 474 g/mol. The van der Waals surface area contributed by atoms with Crippen LogP contribution in [0, 0.1) is 6.92 Å². The molecular formula is C19H16Cl4N4OS. The largest absolute Gasteiger partial charge is 0.346 e. The quantitative estimate of drug-likeness (QED) is 0.347. The van der Waals surface area contributed by atoms with Crippen molar-refractivity contribution >= 4 is 64.1 Å². The second kappa shape index (κ2) is 10.0. The lowest BCUT2D eigenvalue weighted by Crippen LogP contribution is -2.29. The van der Waals surface area contributed by atoms with Gasteiger partial charge in [0.15, 0.2) is 15.8 Å². The van der Waals surface area contributed by atoms with Gasteiger partial charge in [-0.15, -0.1) is 10.2 Å². The molecule has 0 radical (unpaired) electrons. The Morgan fingerprint density at radius 1 is 1.17 bits per heavy atom. The summed E-state index contributed by atoms with van der Waals surface area (Å²) in [5, 5.41) is 12.7. The van der Waals surface area contributed by atoms with Gasteiger partial charge >= 0.3 is 0 Å². The van der Waals surface area contributed by atoms with Crippen LogP contribution in [0.3, 0.4) is 0 Å². The highest BCUT2D eigenvalue weighted by molar-refractivity contribution is 7.98. The van der Waals surface area contributed by atoms with E-state index in [9.17, 15) is 4.79 Å². The lowest BCUT2D eigenvalue weighted by molar-refractivity contribution is -0.119. The standard InChI is InChI=1S/C19H16Cl4N4OS/c1-11-3-2-4-12(7-11)10-29-19-26-25-16(9-24-18(28)17(22)23)27(19)15-8-13(20)5-6-14(15)21/h2-8,17H,9-10H2,1H3,(H,24,28). The van der Waals surface area contributed by atoms with E-state index in [-0.39, 0.29) is 6.54 Å². The molecule has 0 aliphatic heterocycles. The molecule has 5 nitrogen and oxygen atoms in total. The van der Waals surface area contributed by atoms with Crippen LogP contribution in [0.2, 0.25) is 10.0 Å². The number of hydrogen-bond donors (Lipinski definition) is 1. The predicted octanol–water partition coefficient (Wildman–Crippen LogP) is 5.59. The molecule has 29 heavy (non-hydrogen) atoms. The number of nitrogens with zero attached hydrogens (tertiary/aromatic N) is 3. The molecule has 3 rings (SSSR count). The first-order valence-corrected chi connectivity index (χ1v) is 11.1. The monoisotopic (exact) mass is 488 g/mol. The summed E-state index contributed by atoms with van der Waals surface area (Å²) in [5.74, 6) is 0.646. The zero-order valence-corrected chi connectivity index (χ0v) is 19.0. The van der Waals surface area contributed by atoms with Crippen molar-refractivity contribution in [3.8, 4) is 5.69 Å². The number of aryl methyl sites for hydroxylation is 1. The van der Waals surface area contributed by atoms with Crippen LogP contribution in [0.4, 0.5) is 0 Å². The second-order valence-electron chi connectivity index (χ2n) is 6.13. The van der Waals surface area contributed by atoms with Crippen molar-refractivity contribution in [1.29, 1.82) is 0 Å². The summed E-state index contributed by atoms with van der Waals surface area (Å²) in [6.45, 7) is 2.12. The number of hydrogen-bond acceptors (Lipinski definition) is 4. The van der Waals surface area contributed by atoms with Crippen LogP contribution in [0.5, 0.6) is 0 Å². The highest BCUT2D eigenvalue weighted by Gasteiger charge is 2.19. The average molecular weight is 490 g/mol. The summed E-state index contributed by atoms with van der Waals surface area (Å²) < 4.78 is 1.77. The molecule has 152 valence electrons. The zero-order chi connectivity index (χ0) is 21.0. The molecule has 10 heteroatoms. The van der Waals surface area contributed by atoms with Gasteiger partial charge in [0.25, 0.3) is 5.91 Å². The van der Waals surface area contributed by atoms with Gasteiger partial charge in [-0.25, -0.2) is 0 Å². The number of nitrogens with one attached hydrogen (secondary N) is 1. The molecule has 0 unspecified atom stereocenters. The normalized spacial score (nSPS) is 11.1. The van der Waals surface area contributed by atoms with E-state index in [1.54, 1.807) is 22.8 Å². The first kappa shape index (κ1) is 22.2. The van der Waals surface area contributed by atoms with E-state index in [4.69, 9.17) is 46.4 Å². The van der Waals surface area contributed by atoms with Gasteiger partial charge < -0.3 is 5.32 Å². The summed E-state index contributed by atoms with van der Waals surface area (Å²) in [6, 6.07) is 13.3. The number of alkyl halides is 2. The van der Waals surface area contributed by atoms with E-state index in [2.05, 4.69) is 27.6 Å². The van der Waals surface area contributed by atoms with Crippen molar-refractivity contribution in [2.75, 3.05) is 0 Å². The van der Waals surface area contributed by atoms with Crippen LogP contribution in [0.15, 0.2) is 47.6 Å². The molecule has 0 fully saturated rings. The van der Waals surface area contributed by atoms with Crippen LogP contribution in [-0.4, -0.2) is 25.5 Å². The van der Waals surface area contributed by atoms with Crippen molar-refractivity contribution in [2.45, 2.75) is 29.2 Å². The maximum absolute atomic E-state index is 11.7. The van der Waals surface area contributed by atoms with Gasteiger partial charge in [-0.2, -0.15) is 0 Å². The van der Waals surface area contributed by atoms with Crippen molar-refractivity contribution in [1.82, 2.24) is 20.1 Å². The third kappa shape index (κ3) is 5.80. The third-order valence-corrected chi connectivity index (χ3v) is 5.87. The lowest BCUT2D eigenvalue weighted by Gasteiger charge is -2.13. The van der Waals surface area contributed by atoms with E-state index < -0.39 is 10.7 Å². The SMILES string of the molecule is Cc1cccc(CSc2nnc(CNC(=O)C(Cl)Cl)n2-c2cc(Cl)ccc2Cl)c1. The molecule has 1 N–H and O–H groups in total. The fraction of sp³-hybridized carbons (Fsp3) is 0.211. The maximum Gasteiger partial charge on any atom is 0.253 e. The number of amides is 1. The van der Waals surface area contributed by atoms with Gasteiger partial charge in [0.2, 0.25) is 0 Å². The number of carbonyl (C=O) groups excluding carboxylic acids is 1. The topological polar surface area (TPSA) is 59.8 Å². The molecule has 0 saturated carbocycles. The van der Waals surface area contributed by atoms with Crippen LogP contribution in [-0.2, 0) is 17.1 Å². The van der Waals surface area contributed by atoms with Gasteiger partial charge in [-0.05, 0) is 30.7 Å². The third-order valence-electron chi connectivity index (χ3n) is 3.92. The fourth-order valence-electron chi connectivity index (χ4n) is 2.60. The van der Waals surface area contributed by atoms with Crippen molar-refractivity contribution in [2.24, 2.45) is 0 Å². The Morgan fingerprint density at radius 3 is 2.69 bits per heavy atom. The van der Waals surface area contributed by atoms with Gasteiger partial charge in [-0.1, -0.05) is 88.0 Å². The van der Waals surface area contributed by atoms with Crippen molar-refractivity contribution in [3.05, 3.63) is 69.5 Å². The van der Waals surface area contributed by atoms with Crippen LogP contribution < -0.4 is 5.32 Å². The van der Waals surface area contributed by atoms with Crippen LogP contribution >= 0.6 is 58.2 Å². The van der Waals surface area contributed by atoms with E-state index in [1.807, 2.05) is 19.1 Å². The second-order valence-corrected chi connectivity index (χ2v) is 9.01. The summed E-state index contributed by atoms with van der Waals surface area (Å²) in [5.41, 5.74) is 2.96. The highest BCUT2D eigenvalue weighted by Crippen LogP contribution is 2.31. The molecule has 2 aromatic carbocycles. The Bertz CT molecular complexity index is 1030. The summed E-state index contributed by atoms with van der Waals surface area (Å²) in [6.07, 6.45) is 0. The Hall–Kier alpha value is -1.44. The number of benzene rings is 2. The summed E-state index contributed by atoms with van der Waals surface area (Å²) >= 11 is 25.3. The smallest absolute Gasteiger partial charge is 0.253 e. The van der Waals surface area contributed by atoms with E-state index in [0.29, 0.717) is 32.5 Å². The minimum atomic E-state index is -1.17. The zero-order valence-electron chi connectivity index (χ0n) is 15.2. The predicted molar refractivity (Wildman–Crippen MR) is 119 cm³/mol. The average Bonchev–Trinajstić information content (AvgIpc) is 3.09. The van der Waals surface area contributed by atoms with Gasteiger partial charge in [0.1, 0.15) is 0 Å². The van der Waals surface area contributed by atoms with Crippen LogP contribution in [0.1, 0.15) is 17.0 Å². The molecule has 3 aromatic rings. The van der Waals surface area contributed by atoms with E-state index >= 15 is 0 Å². The van der Waals surface area contributed by atoms with E-state index in [1.165, 1.54) is 17.3 Å².